The Hall–Kier alpha value is -5.21. The van der Waals surface area contributed by atoms with Gasteiger partial charge in [-0.05, 0) is 49.9 Å². The maximum atomic E-state index is 2.67. The van der Waals surface area contributed by atoms with E-state index in [9.17, 15) is 0 Å². The van der Waals surface area contributed by atoms with Crippen molar-refractivity contribution < 1.29 is 4.58 Å². The van der Waals surface area contributed by atoms with Crippen molar-refractivity contribution in [2.24, 2.45) is 0 Å². The average Bonchev–Trinajstić information content (AvgIpc) is 3.49. The summed E-state index contributed by atoms with van der Waals surface area (Å²) in [5.74, 6) is 0. The van der Waals surface area contributed by atoms with Gasteiger partial charge >= 0.3 is 0 Å². The second-order valence-electron chi connectivity index (χ2n) is 13.0. The fourth-order valence-corrected chi connectivity index (χ4v) is 7.64. The molecule has 0 amide bonds. The molecule has 2 heteroatoms. The zero-order chi connectivity index (χ0) is 32.3. The molecule has 7 rings (SSSR count). The molecule has 1 aliphatic rings. The van der Waals surface area contributed by atoms with E-state index in [1.807, 2.05) is 0 Å². The Labute approximate surface area is 280 Å². The second kappa shape index (κ2) is 13.3. The van der Waals surface area contributed by atoms with Crippen molar-refractivity contribution in [1.82, 2.24) is 4.90 Å². The Bertz CT molecular complexity index is 1920. The molecule has 0 aromatic heterocycles. The molecule has 0 spiro atoms. The van der Waals surface area contributed by atoms with E-state index in [1.54, 1.807) is 0 Å². The standard InChI is InChI=1S/C45H43N2/c1-32-19-11-15-27-38(32)44(39-28-16-12-20-33(39)2)46-31-47(43(37-25-9-6-10-26-37)42(46)36-23-7-5-8-24-36)45(40-29-17-13-21-34(40)3)41-30-18-14-22-35(41)4/h5-31,42-45H,1-4H3/q+1/t42-,43-/m0/s1. The first-order chi connectivity index (χ1) is 23.0. The number of benzene rings is 6. The highest BCUT2D eigenvalue weighted by Gasteiger charge is 2.50. The van der Waals surface area contributed by atoms with Crippen LogP contribution in [0.3, 0.4) is 0 Å². The average molecular weight is 612 g/mol. The van der Waals surface area contributed by atoms with Gasteiger partial charge in [-0.1, -0.05) is 158 Å². The first-order valence-corrected chi connectivity index (χ1v) is 16.7. The van der Waals surface area contributed by atoms with E-state index in [-0.39, 0.29) is 24.2 Å². The van der Waals surface area contributed by atoms with E-state index < -0.39 is 0 Å². The third kappa shape index (κ3) is 5.81. The summed E-state index contributed by atoms with van der Waals surface area (Å²) in [5, 5.41) is 0. The van der Waals surface area contributed by atoms with Crippen LogP contribution in [0.25, 0.3) is 0 Å². The maximum Gasteiger partial charge on any atom is 0.237 e. The smallest absolute Gasteiger partial charge is 0.237 e. The van der Waals surface area contributed by atoms with Crippen LogP contribution in [0.2, 0.25) is 0 Å². The molecule has 2 nitrogen and oxygen atoms in total. The van der Waals surface area contributed by atoms with Crippen molar-refractivity contribution in [3.8, 4) is 0 Å². The molecule has 0 radical (unpaired) electrons. The summed E-state index contributed by atoms with van der Waals surface area (Å²) in [6.07, 6.45) is 2.47. The zero-order valence-electron chi connectivity index (χ0n) is 27.8. The van der Waals surface area contributed by atoms with Gasteiger partial charge in [-0.25, -0.2) is 9.48 Å². The first-order valence-electron chi connectivity index (χ1n) is 16.7. The van der Waals surface area contributed by atoms with Crippen molar-refractivity contribution in [2.45, 2.75) is 51.9 Å². The molecule has 232 valence electrons. The quantitative estimate of drug-likeness (QED) is 0.155. The minimum atomic E-state index is 0.00760. The molecular weight excluding hydrogens is 569 g/mol. The number of aryl methyl sites for hydroxylation is 4. The normalized spacial score (nSPS) is 16.1. The van der Waals surface area contributed by atoms with Crippen LogP contribution < -0.4 is 0 Å². The molecule has 6 aromatic rings. The topological polar surface area (TPSA) is 6.25 Å². The van der Waals surface area contributed by atoms with E-state index in [2.05, 4.69) is 201 Å². The van der Waals surface area contributed by atoms with Crippen LogP contribution in [0, 0.1) is 27.7 Å². The summed E-state index contributed by atoms with van der Waals surface area (Å²) in [6.45, 7) is 9.02. The lowest BCUT2D eigenvalue weighted by Gasteiger charge is -2.32. The van der Waals surface area contributed by atoms with Gasteiger partial charge in [-0.15, -0.1) is 0 Å². The van der Waals surface area contributed by atoms with Crippen molar-refractivity contribution >= 4 is 6.34 Å². The van der Waals surface area contributed by atoms with E-state index >= 15 is 0 Å². The predicted octanol–water partition coefficient (Wildman–Crippen LogP) is 10.6. The molecule has 1 aliphatic heterocycles. The van der Waals surface area contributed by atoms with Crippen LogP contribution in [0.15, 0.2) is 158 Å². The molecule has 2 atom stereocenters. The molecule has 0 fully saturated rings. The summed E-state index contributed by atoms with van der Waals surface area (Å²) in [4.78, 5) is 2.67. The van der Waals surface area contributed by atoms with Gasteiger partial charge in [0.05, 0.1) is 0 Å². The molecule has 0 bridgehead atoms. The fraction of sp³-hybridized carbons (Fsp3) is 0.178. The highest BCUT2D eigenvalue weighted by atomic mass is 15.3. The number of hydrogen-bond acceptors (Lipinski definition) is 1. The maximum absolute atomic E-state index is 2.67. The third-order valence-electron chi connectivity index (χ3n) is 10.0. The molecule has 0 saturated heterocycles. The third-order valence-corrected chi connectivity index (χ3v) is 10.0. The largest absolute Gasteiger partial charge is 0.245 e. The molecule has 47 heavy (non-hydrogen) atoms. The van der Waals surface area contributed by atoms with E-state index in [4.69, 9.17) is 0 Å². The summed E-state index contributed by atoms with van der Waals surface area (Å²) < 4.78 is 2.67. The van der Waals surface area contributed by atoms with Gasteiger partial charge in [-0.2, -0.15) is 0 Å². The predicted molar refractivity (Wildman–Crippen MR) is 195 cm³/mol. The molecule has 0 aliphatic carbocycles. The van der Waals surface area contributed by atoms with Gasteiger partial charge < -0.3 is 0 Å². The minimum Gasteiger partial charge on any atom is -0.245 e. The van der Waals surface area contributed by atoms with Crippen molar-refractivity contribution in [1.29, 1.82) is 0 Å². The Morgan fingerprint density at radius 1 is 0.426 bits per heavy atom. The van der Waals surface area contributed by atoms with Crippen LogP contribution in [0.4, 0.5) is 0 Å². The fourth-order valence-electron chi connectivity index (χ4n) is 7.64. The number of nitrogens with zero attached hydrogens (tertiary/aromatic N) is 2. The van der Waals surface area contributed by atoms with Crippen molar-refractivity contribution in [3.63, 3.8) is 0 Å². The molecule has 0 saturated carbocycles. The van der Waals surface area contributed by atoms with E-state index in [0.29, 0.717) is 0 Å². The molecular formula is C45H43N2+. The lowest BCUT2D eigenvalue weighted by molar-refractivity contribution is -0.596. The Morgan fingerprint density at radius 3 is 1.21 bits per heavy atom. The van der Waals surface area contributed by atoms with Crippen LogP contribution in [0.1, 0.15) is 79.8 Å². The van der Waals surface area contributed by atoms with Crippen molar-refractivity contribution in [3.05, 3.63) is 213 Å². The van der Waals surface area contributed by atoms with E-state index in [0.717, 1.165) is 0 Å². The molecule has 0 unspecified atom stereocenters. The van der Waals surface area contributed by atoms with E-state index in [1.165, 1.54) is 55.6 Å². The van der Waals surface area contributed by atoms with Gasteiger partial charge in [-0.3, -0.25) is 0 Å². The van der Waals surface area contributed by atoms with Crippen molar-refractivity contribution in [2.75, 3.05) is 0 Å². The van der Waals surface area contributed by atoms with Crippen LogP contribution in [0.5, 0.6) is 0 Å². The Morgan fingerprint density at radius 2 is 0.787 bits per heavy atom. The van der Waals surface area contributed by atoms with Gasteiger partial charge in [0, 0.05) is 33.4 Å². The highest BCUT2D eigenvalue weighted by molar-refractivity contribution is 5.60. The number of rotatable bonds is 8. The zero-order valence-corrected chi connectivity index (χ0v) is 27.8. The van der Waals surface area contributed by atoms with Crippen LogP contribution in [-0.4, -0.2) is 15.8 Å². The SMILES string of the molecule is Cc1ccccc1C(c1ccccc1C)N1C=[N+](C(c2ccccc2C)c2ccccc2C)[C@@H](c2ccccc2)[C@@H]1c1ccccc1. The Balaban J connectivity index is 1.57. The van der Waals surface area contributed by atoms with Crippen LogP contribution in [-0.2, 0) is 0 Å². The Kier molecular flexibility index (Phi) is 8.59. The minimum absolute atomic E-state index is 0.00760. The lowest BCUT2D eigenvalue weighted by Crippen LogP contribution is -2.32. The summed E-state index contributed by atoms with van der Waals surface area (Å²) in [7, 11) is 0. The summed E-state index contributed by atoms with van der Waals surface area (Å²) in [5.41, 5.74) is 13.1. The van der Waals surface area contributed by atoms with Gasteiger partial charge in [0.25, 0.3) is 0 Å². The number of hydrogen-bond donors (Lipinski definition) is 0. The second-order valence-corrected chi connectivity index (χ2v) is 13.0. The first kappa shape index (κ1) is 30.4. The molecule has 1 heterocycles. The molecule has 0 N–H and O–H groups in total. The van der Waals surface area contributed by atoms with Gasteiger partial charge in [0.2, 0.25) is 6.34 Å². The monoisotopic (exact) mass is 611 g/mol. The van der Waals surface area contributed by atoms with Crippen LogP contribution >= 0.6 is 0 Å². The molecule has 6 aromatic carbocycles. The summed E-state index contributed by atoms with van der Waals surface area (Å²) >= 11 is 0. The van der Waals surface area contributed by atoms with Gasteiger partial charge in [0.15, 0.2) is 12.1 Å². The summed E-state index contributed by atoms with van der Waals surface area (Å²) in [6, 6.07) is 58.1. The highest BCUT2D eigenvalue weighted by Crippen LogP contribution is 2.50. The lowest BCUT2D eigenvalue weighted by atomic mass is 9.86. The van der Waals surface area contributed by atoms with Gasteiger partial charge in [0.1, 0.15) is 12.1 Å².